The molecule has 1 aromatic carbocycles. The van der Waals surface area contributed by atoms with Crippen LogP contribution in [0.5, 0.6) is 5.75 Å². The molecule has 1 amide bonds. The number of carbonyl (C=O) groups excluding carboxylic acids is 1. The van der Waals surface area contributed by atoms with Crippen LogP contribution in [0.2, 0.25) is 0 Å². The fourth-order valence-electron chi connectivity index (χ4n) is 1.60. The van der Waals surface area contributed by atoms with Gasteiger partial charge in [-0.05, 0) is 18.2 Å². The largest absolute Gasteiger partial charge is 0.497 e. The third-order valence-corrected chi connectivity index (χ3v) is 2.62. The topological polar surface area (TPSA) is 121 Å². The van der Waals surface area contributed by atoms with E-state index in [9.17, 15) is 14.4 Å². The summed E-state index contributed by atoms with van der Waals surface area (Å²) in [5.74, 6) is -1.45. The van der Waals surface area contributed by atoms with Crippen molar-refractivity contribution in [3.63, 3.8) is 0 Å². The minimum absolute atomic E-state index is 0.0474. The van der Waals surface area contributed by atoms with E-state index >= 15 is 0 Å². The number of aromatic carboxylic acids is 1. The second kappa shape index (κ2) is 5.87. The summed E-state index contributed by atoms with van der Waals surface area (Å²) in [6.45, 7) is 0. The Kier molecular flexibility index (Phi) is 3.98. The van der Waals surface area contributed by atoms with Gasteiger partial charge in [-0.15, -0.1) is 0 Å². The maximum atomic E-state index is 12.0. The van der Waals surface area contributed by atoms with Gasteiger partial charge in [0.25, 0.3) is 11.5 Å². The summed E-state index contributed by atoms with van der Waals surface area (Å²) in [4.78, 5) is 34.0. The summed E-state index contributed by atoms with van der Waals surface area (Å²) in [6.07, 6.45) is 0. The lowest BCUT2D eigenvalue weighted by Crippen LogP contribution is -2.19. The summed E-state index contributed by atoms with van der Waals surface area (Å²) < 4.78 is 4.99. The van der Waals surface area contributed by atoms with Crippen molar-refractivity contribution in [2.45, 2.75) is 0 Å². The van der Waals surface area contributed by atoms with Gasteiger partial charge < -0.3 is 15.2 Å². The van der Waals surface area contributed by atoms with Gasteiger partial charge in [0.1, 0.15) is 11.4 Å². The van der Waals surface area contributed by atoms with Gasteiger partial charge in [-0.1, -0.05) is 0 Å². The van der Waals surface area contributed by atoms with E-state index in [1.807, 2.05) is 0 Å². The Balaban J connectivity index is 2.33. The maximum absolute atomic E-state index is 12.0. The summed E-state index contributed by atoms with van der Waals surface area (Å²) >= 11 is 0. The van der Waals surface area contributed by atoms with E-state index in [1.165, 1.54) is 31.4 Å². The van der Waals surface area contributed by atoms with Gasteiger partial charge in [-0.2, -0.15) is 5.10 Å². The third-order valence-electron chi connectivity index (χ3n) is 2.62. The van der Waals surface area contributed by atoms with Crippen molar-refractivity contribution < 1.29 is 19.4 Å². The van der Waals surface area contributed by atoms with Crippen LogP contribution in [0.3, 0.4) is 0 Å². The van der Waals surface area contributed by atoms with Crippen molar-refractivity contribution in [2.75, 3.05) is 12.4 Å². The number of rotatable bonds is 4. The van der Waals surface area contributed by atoms with E-state index in [4.69, 9.17) is 9.84 Å². The van der Waals surface area contributed by atoms with Crippen LogP contribution < -0.4 is 15.6 Å². The predicted octanol–water partition coefficient (Wildman–Crippen LogP) is 0.729. The summed E-state index contributed by atoms with van der Waals surface area (Å²) in [5.41, 5.74) is -0.513. The van der Waals surface area contributed by atoms with Gasteiger partial charge in [-0.3, -0.25) is 9.59 Å². The van der Waals surface area contributed by atoms with Crippen LogP contribution in [-0.2, 0) is 0 Å². The Morgan fingerprint density at radius 1 is 1.29 bits per heavy atom. The second-order valence-electron chi connectivity index (χ2n) is 3.98. The molecule has 3 N–H and O–H groups in total. The van der Waals surface area contributed by atoms with Gasteiger partial charge >= 0.3 is 5.97 Å². The molecule has 0 bridgehead atoms. The number of carboxylic acid groups (broad SMARTS) is 1. The first-order valence-corrected chi connectivity index (χ1v) is 5.79. The first kappa shape index (κ1) is 14.3. The molecule has 0 radical (unpaired) electrons. The molecular formula is C13H11N3O5. The van der Waals surface area contributed by atoms with Crippen molar-refractivity contribution in [1.29, 1.82) is 0 Å². The number of hydrogen-bond donors (Lipinski definition) is 3. The molecule has 0 saturated carbocycles. The Morgan fingerprint density at radius 2 is 2.05 bits per heavy atom. The minimum atomic E-state index is -1.19. The number of anilines is 1. The van der Waals surface area contributed by atoms with Gasteiger partial charge in [0, 0.05) is 12.1 Å². The fourth-order valence-corrected chi connectivity index (χ4v) is 1.60. The lowest BCUT2D eigenvalue weighted by molar-refractivity contribution is 0.0698. The molecule has 0 atom stereocenters. The number of carboxylic acids is 1. The smallest absolute Gasteiger partial charge is 0.337 e. The zero-order valence-electron chi connectivity index (χ0n) is 10.9. The van der Waals surface area contributed by atoms with Crippen LogP contribution in [0.4, 0.5) is 5.69 Å². The summed E-state index contributed by atoms with van der Waals surface area (Å²) in [6, 6.07) is 6.54. The molecule has 0 fully saturated rings. The number of nitrogens with one attached hydrogen (secondary N) is 2. The van der Waals surface area contributed by atoms with Crippen molar-refractivity contribution in [1.82, 2.24) is 10.2 Å². The maximum Gasteiger partial charge on any atom is 0.337 e. The van der Waals surface area contributed by atoms with Crippen LogP contribution in [-0.4, -0.2) is 34.3 Å². The quantitative estimate of drug-likeness (QED) is 0.762. The highest BCUT2D eigenvalue weighted by atomic mass is 16.5. The number of hydrogen-bond acceptors (Lipinski definition) is 5. The predicted molar refractivity (Wildman–Crippen MR) is 72.8 cm³/mol. The molecule has 0 saturated heterocycles. The van der Waals surface area contributed by atoms with E-state index in [2.05, 4.69) is 15.5 Å². The Hall–Kier alpha value is -3.16. The van der Waals surface area contributed by atoms with Crippen molar-refractivity contribution in [2.24, 2.45) is 0 Å². The van der Waals surface area contributed by atoms with E-state index in [1.54, 1.807) is 0 Å². The first-order chi connectivity index (χ1) is 10.0. The monoisotopic (exact) mass is 289 g/mol. The standard InChI is InChI=1S/C13H11N3O5/c1-21-7-2-3-8(13(19)20)10(6-7)14-12(18)9-4-5-11(17)16-15-9/h2-6H,1H3,(H,14,18)(H,16,17)(H,19,20). The zero-order valence-corrected chi connectivity index (χ0v) is 10.9. The molecule has 21 heavy (non-hydrogen) atoms. The molecule has 2 aromatic rings. The van der Waals surface area contributed by atoms with Crippen LogP contribution in [0.1, 0.15) is 20.8 Å². The summed E-state index contributed by atoms with van der Waals surface area (Å²) in [7, 11) is 1.42. The number of carbonyl (C=O) groups is 2. The lowest BCUT2D eigenvalue weighted by atomic mass is 10.1. The van der Waals surface area contributed by atoms with Gasteiger partial charge in [0.2, 0.25) is 0 Å². The highest BCUT2D eigenvalue weighted by Gasteiger charge is 2.15. The molecule has 1 aromatic heterocycles. The number of nitrogens with zero attached hydrogens (tertiary/aromatic N) is 1. The summed E-state index contributed by atoms with van der Waals surface area (Å²) in [5, 5.41) is 17.2. The molecule has 0 unspecified atom stereocenters. The van der Waals surface area contributed by atoms with E-state index in [-0.39, 0.29) is 16.9 Å². The van der Waals surface area contributed by atoms with E-state index < -0.39 is 17.4 Å². The first-order valence-electron chi connectivity index (χ1n) is 5.79. The average molecular weight is 289 g/mol. The Bertz CT molecular complexity index is 733. The number of ether oxygens (including phenoxy) is 1. The molecular weight excluding hydrogens is 278 g/mol. The Labute approximate surface area is 118 Å². The minimum Gasteiger partial charge on any atom is -0.497 e. The zero-order chi connectivity index (χ0) is 15.4. The number of aromatic amines is 1. The van der Waals surface area contributed by atoms with Gasteiger partial charge in [-0.25, -0.2) is 9.89 Å². The molecule has 1 heterocycles. The number of aromatic nitrogens is 2. The molecule has 8 heteroatoms. The van der Waals surface area contributed by atoms with Crippen LogP contribution in [0.25, 0.3) is 0 Å². The number of H-pyrrole nitrogens is 1. The number of methoxy groups -OCH3 is 1. The SMILES string of the molecule is COc1ccc(C(=O)O)c(NC(=O)c2ccc(=O)[nH]n2)c1. The van der Waals surface area contributed by atoms with Gasteiger partial charge in [0.05, 0.1) is 18.4 Å². The molecule has 0 spiro atoms. The lowest BCUT2D eigenvalue weighted by Gasteiger charge is -2.09. The molecule has 108 valence electrons. The molecule has 0 aliphatic carbocycles. The third kappa shape index (κ3) is 3.24. The van der Waals surface area contributed by atoms with Crippen LogP contribution in [0.15, 0.2) is 35.1 Å². The van der Waals surface area contributed by atoms with Crippen LogP contribution >= 0.6 is 0 Å². The Morgan fingerprint density at radius 3 is 2.62 bits per heavy atom. The van der Waals surface area contributed by atoms with Gasteiger partial charge in [0.15, 0.2) is 0 Å². The highest BCUT2D eigenvalue weighted by molar-refractivity contribution is 6.06. The highest BCUT2D eigenvalue weighted by Crippen LogP contribution is 2.23. The van der Waals surface area contributed by atoms with Crippen molar-refractivity contribution in [3.05, 3.63) is 51.9 Å². The number of amides is 1. The molecule has 0 aliphatic rings. The molecule has 2 rings (SSSR count). The number of benzene rings is 1. The van der Waals surface area contributed by atoms with Crippen LogP contribution in [0, 0.1) is 0 Å². The normalized spacial score (nSPS) is 9.95. The van der Waals surface area contributed by atoms with E-state index in [0.717, 1.165) is 6.07 Å². The molecule has 8 nitrogen and oxygen atoms in total. The average Bonchev–Trinajstić information content (AvgIpc) is 2.47. The second-order valence-corrected chi connectivity index (χ2v) is 3.98. The molecule has 0 aliphatic heterocycles. The van der Waals surface area contributed by atoms with E-state index in [0.29, 0.717) is 5.75 Å². The van der Waals surface area contributed by atoms with Crippen molar-refractivity contribution in [3.8, 4) is 5.75 Å². The fraction of sp³-hybridized carbons (Fsp3) is 0.0769. The van der Waals surface area contributed by atoms with Crippen molar-refractivity contribution >= 4 is 17.6 Å².